The Kier molecular flexibility index (Phi) is 13.6. The van der Waals surface area contributed by atoms with Gasteiger partial charge in [-0.15, -0.1) is 0 Å². The van der Waals surface area contributed by atoms with Gasteiger partial charge in [-0.05, 0) is 40.0 Å². The molecule has 0 bridgehead atoms. The molecule has 2 unspecified atom stereocenters. The highest BCUT2D eigenvalue weighted by Gasteiger charge is 2.34. The minimum atomic E-state index is -0.449. The smallest absolute Gasteiger partial charge is 0.168 e. The van der Waals surface area contributed by atoms with Crippen LogP contribution in [0.4, 0.5) is 0 Å². The van der Waals surface area contributed by atoms with Crippen molar-refractivity contribution in [1.82, 2.24) is 0 Å². The van der Waals surface area contributed by atoms with E-state index >= 15 is 0 Å². The summed E-state index contributed by atoms with van der Waals surface area (Å²) in [5, 5.41) is 0. The lowest BCUT2D eigenvalue weighted by atomic mass is 9.88. The van der Waals surface area contributed by atoms with Crippen LogP contribution in [-0.2, 0) is 18.9 Å². The third-order valence-corrected chi connectivity index (χ3v) is 5.31. The Bertz CT molecular complexity index is 311. The first-order chi connectivity index (χ1) is 12.7. The van der Waals surface area contributed by atoms with Crippen molar-refractivity contribution in [2.24, 2.45) is 5.92 Å². The number of hydrogen-bond acceptors (Lipinski definition) is 4. The molecule has 1 heterocycles. The van der Waals surface area contributed by atoms with Gasteiger partial charge >= 0.3 is 0 Å². The van der Waals surface area contributed by atoms with Crippen LogP contribution in [0.5, 0.6) is 0 Å². The molecule has 1 aliphatic rings. The van der Waals surface area contributed by atoms with Crippen molar-refractivity contribution in [1.29, 1.82) is 0 Å². The number of unbranched alkanes of at least 4 members (excludes halogenated alkanes) is 6. The van der Waals surface area contributed by atoms with Gasteiger partial charge in [0, 0.05) is 25.7 Å². The molecule has 0 aromatic rings. The van der Waals surface area contributed by atoms with Crippen LogP contribution in [0.3, 0.4) is 0 Å². The summed E-state index contributed by atoms with van der Waals surface area (Å²) in [6.45, 7) is 12.4. The molecule has 26 heavy (non-hydrogen) atoms. The van der Waals surface area contributed by atoms with Crippen LogP contribution in [0.15, 0.2) is 0 Å². The molecule has 0 aromatic heterocycles. The Morgan fingerprint density at radius 2 is 1.46 bits per heavy atom. The van der Waals surface area contributed by atoms with Crippen molar-refractivity contribution in [3.05, 3.63) is 0 Å². The van der Waals surface area contributed by atoms with Crippen LogP contribution in [-0.4, -0.2) is 44.9 Å². The molecule has 4 nitrogen and oxygen atoms in total. The molecular formula is C22H44O4. The van der Waals surface area contributed by atoms with Crippen LogP contribution < -0.4 is 0 Å². The second-order valence-electron chi connectivity index (χ2n) is 7.66. The maximum atomic E-state index is 6.08. The minimum absolute atomic E-state index is 0.370. The quantitative estimate of drug-likeness (QED) is 0.165. The zero-order valence-electron chi connectivity index (χ0n) is 17.9. The molecule has 0 aliphatic carbocycles. The van der Waals surface area contributed by atoms with Gasteiger partial charge in [0.15, 0.2) is 5.79 Å². The van der Waals surface area contributed by atoms with E-state index in [2.05, 4.69) is 27.7 Å². The lowest BCUT2D eigenvalue weighted by molar-refractivity contribution is -0.254. The average Bonchev–Trinajstić information content (AvgIpc) is 3.43. The van der Waals surface area contributed by atoms with E-state index in [9.17, 15) is 0 Å². The van der Waals surface area contributed by atoms with E-state index in [0.717, 1.165) is 32.7 Å². The van der Waals surface area contributed by atoms with Crippen molar-refractivity contribution in [2.45, 2.75) is 104 Å². The first-order valence-electron chi connectivity index (χ1n) is 11.1. The van der Waals surface area contributed by atoms with Crippen LogP contribution in [0, 0.1) is 5.92 Å². The summed E-state index contributed by atoms with van der Waals surface area (Å²) >= 11 is 0. The van der Waals surface area contributed by atoms with Gasteiger partial charge in [-0.25, -0.2) is 0 Å². The number of ether oxygens (including phenoxy) is 4. The van der Waals surface area contributed by atoms with Crippen LogP contribution >= 0.6 is 0 Å². The third-order valence-electron chi connectivity index (χ3n) is 5.31. The number of epoxide rings is 1. The van der Waals surface area contributed by atoms with Gasteiger partial charge < -0.3 is 18.9 Å². The highest BCUT2D eigenvalue weighted by Crippen LogP contribution is 2.32. The summed E-state index contributed by atoms with van der Waals surface area (Å²) in [5.41, 5.74) is 0. The van der Waals surface area contributed by atoms with Crippen LogP contribution in [0.2, 0.25) is 0 Å². The van der Waals surface area contributed by atoms with Gasteiger partial charge in [0.2, 0.25) is 0 Å². The van der Waals surface area contributed by atoms with Crippen LogP contribution in [0.1, 0.15) is 91.9 Å². The van der Waals surface area contributed by atoms with Gasteiger partial charge in [-0.2, -0.15) is 0 Å². The van der Waals surface area contributed by atoms with E-state index in [4.69, 9.17) is 18.9 Å². The van der Waals surface area contributed by atoms with Crippen molar-refractivity contribution in [2.75, 3.05) is 33.0 Å². The topological polar surface area (TPSA) is 40.2 Å². The maximum absolute atomic E-state index is 6.08. The van der Waals surface area contributed by atoms with Gasteiger partial charge in [0.1, 0.15) is 6.10 Å². The van der Waals surface area contributed by atoms with Gasteiger partial charge in [-0.3, -0.25) is 0 Å². The highest BCUT2D eigenvalue weighted by molar-refractivity contribution is 4.76. The molecule has 1 aliphatic heterocycles. The van der Waals surface area contributed by atoms with E-state index < -0.39 is 5.79 Å². The Labute approximate surface area is 162 Å². The molecule has 4 heteroatoms. The maximum Gasteiger partial charge on any atom is 0.168 e. The zero-order chi connectivity index (χ0) is 19.1. The Morgan fingerprint density at radius 1 is 0.885 bits per heavy atom. The largest absolute Gasteiger partial charge is 0.379 e. The lowest BCUT2D eigenvalue weighted by Crippen LogP contribution is -2.41. The molecule has 0 amide bonds. The second kappa shape index (κ2) is 14.8. The predicted molar refractivity (Wildman–Crippen MR) is 108 cm³/mol. The summed E-state index contributed by atoms with van der Waals surface area (Å²) in [4.78, 5) is 0. The summed E-state index contributed by atoms with van der Waals surface area (Å²) in [7, 11) is 0. The molecule has 0 N–H and O–H groups in total. The molecule has 1 fully saturated rings. The zero-order valence-corrected chi connectivity index (χ0v) is 17.9. The molecule has 156 valence electrons. The highest BCUT2D eigenvalue weighted by atomic mass is 16.7. The second-order valence-corrected chi connectivity index (χ2v) is 7.66. The molecule has 0 aromatic carbocycles. The Morgan fingerprint density at radius 3 is 2.04 bits per heavy atom. The van der Waals surface area contributed by atoms with Gasteiger partial charge in [0.05, 0.1) is 13.2 Å². The Hall–Kier alpha value is -0.160. The van der Waals surface area contributed by atoms with Crippen molar-refractivity contribution < 1.29 is 18.9 Å². The molecule has 1 rings (SSSR count). The summed E-state index contributed by atoms with van der Waals surface area (Å²) in [5.74, 6) is 0.00987. The van der Waals surface area contributed by atoms with E-state index in [1.807, 2.05) is 0 Å². The third kappa shape index (κ3) is 10.9. The molecule has 2 atom stereocenters. The van der Waals surface area contributed by atoms with E-state index in [1.54, 1.807) is 0 Å². The van der Waals surface area contributed by atoms with E-state index in [1.165, 1.54) is 51.4 Å². The molecule has 0 saturated carbocycles. The SMILES string of the molecule is CCCCCCCCC(CCCCOCC1CO1)C(C)(OCC)OCC. The van der Waals surface area contributed by atoms with E-state index in [-0.39, 0.29) is 0 Å². The monoisotopic (exact) mass is 372 g/mol. The van der Waals surface area contributed by atoms with E-state index in [0.29, 0.717) is 25.2 Å². The summed E-state index contributed by atoms with van der Waals surface area (Å²) in [6, 6.07) is 0. The van der Waals surface area contributed by atoms with Gasteiger partial charge in [0.25, 0.3) is 0 Å². The van der Waals surface area contributed by atoms with Gasteiger partial charge in [-0.1, -0.05) is 51.9 Å². The standard InChI is InChI=1S/C22H44O4/c1-5-8-9-10-11-12-15-20(22(4,25-6-2)26-7-3)16-13-14-17-23-18-21-19-24-21/h20-21H,5-19H2,1-4H3. The molecule has 0 spiro atoms. The minimum Gasteiger partial charge on any atom is -0.379 e. The molecule has 1 saturated heterocycles. The summed E-state index contributed by atoms with van der Waals surface area (Å²) in [6.07, 6.45) is 13.0. The fourth-order valence-corrected chi connectivity index (χ4v) is 3.66. The molecule has 0 radical (unpaired) electrons. The molecular weight excluding hydrogens is 328 g/mol. The first kappa shape index (κ1) is 23.9. The Balaban J connectivity index is 2.33. The first-order valence-corrected chi connectivity index (χ1v) is 11.1. The normalized spacial score (nSPS) is 18.2. The fraction of sp³-hybridized carbons (Fsp3) is 1.00. The van der Waals surface area contributed by atoms with Crippen molar-refractivity contribution in [3.8, 4) is 0 Å². The predicted octanol–water partition coefficient (Wildman–Crippen LogP) is 5.73. The van der Waals surface area contributed by atoms with Crippen LogP contribution in [0.25, 0.3) is 0 Å². The summed E-state index contributed by atoms with van der Waals surface area (Å²) < 4.78 is 23.0. The van der Waals surface area contributed by atoms with Crippen molar-refractivity contribution >= 4 is 0 Å². The number of rotatable bonds is 19. The van der Waals surface area contributed by atoms with Crippen molar-refractivity contribution in [3.63, 3.8) is 0 Å². The lowest BCUT2D eigenvalue weighted by Gasteiger charge is -2.37. The average molecular weight is 373 g/mol. The fourth-order valence-electron chi connectivity index (χ4n) is 3.66. The number of hydrogen-bond donors (Lipinski definition) is 0.